The highest BCUT2D eigenvalue weighted by molar-refractivity contribution is 9.09. The summed E-state index contributed by atoms with van der Waals surface area (Å²) in [6, 6.07) is 7.12. The number of methoxy groups -OCH3 is 1. The maximum Gasteiger partial charge on any atom is 0.416 e. The maximum atomic E-state index is 12.7. The van der Waals surface area contributed by atoms with E-state index in [2.05, 4.69) is 21.2 Å². The molecule has 0 spiro atoms. The summed E-state index contributed by atoms with van der Waals surface area (Å²) in [6.07, 6.45) is -8.86. The van der Waals surface area contributed by atoms with Gasteiger partial charge in [-0.2, -0.15) is 26.3 Å². The number of ether oxygens (including phenoxy) is 3. The van der Waals surface area contributed by atoms with Crippen molar-refractivity contribution < 1.29 is 59.7 Å². The van der Waals surface area contributed by atoms with Crippen molar-refractivity contribution in [3.05, 3.63) is 70.8 Å². The summed E-state index contributed by atoms with van der Waals surface area (Å²) in [7, 11) is 1.20. The molecule has 1 aliphatic heterocycles. The average Bonchev–Trinajstić information content (AvgIpc) is 3.04. The zero-order valence-electron chi connectivity index (χ0n) is 29.9. The first-order valence-electron chi connectivity index (χ1n) is 16.0. The van der Waals surface area contributed by atoms with E-state index in [4.69, 9.17) is 14.2 Å². The van der Waals surface area contributed by atoms with E-state index < -0.39 is 58.6 Å². The summed E-state index contributed by atoms with van der Waals surface area (Å²) < 4.78 is 92.0. The van der Waals surface area contributed by atoms with Crippen LogP contribution in [0.3, 0.4) is 0 Å². The normalized spacial score (nSPS) is 16.0. The fourth-order valence-corrected chi connectivity index (χ4v) is 4.90. The van der Waals surface area contributed by atoms with Gasteiger partial charge in [-0.3, -0.25) is 14.4 Å². The molecular formula is C35H44BrF6N3O7. The predicted octanol–water partition coefficient (Wildman–Crippen LogP) is 6.13. The maximum absolute atomic E-state index is 12.7. The van der Waals surface area contributed by atoms with Gasteiger partial charge in [0.05, 0.1) is 54.5 Å². The van der Waals surface area contributed by atoms with E-state index in [1.807, 2.05) is 20.8 Å². The monoisotopic (exact) mass is 811 g/mol. The molecule has 2 atom stereocenters. The van der Waals surface area contributed by atoms with Crippen molar-refractivity contribution in [3.63, 3.8) is 0 Å². The van der Waals surface area contributed by atoms with Crippen molar-refractivity contribution in [2.24, 2.45) is 0 Å². The lowest BCUT2D eigenvalue weighted by Crippen LogP contribution is -2.60. The van der Waals surface area contributed by atoms with Gasteiger partial charge in [-0.05, 0) is 76.9 Å². The third-order valence-corrected chi connectivity index (χ3v) is 7.79. The Morgan fingerprint density at radius 3 is 1.75 bits per heavy atom. The third-order valence-electron chi connectivity index (χ3n) is 7.31. The average molecular weight is 813 g/mol. The van der Waals surface area contributed by atoms with Gasteiger partial charge in [-0.15, -0.1) is 0 Å². The standard InChI is InChI=1S/C18H23BrF3NO4.C17H21F3N2O3/c1-17(2,3)27-11-14(16(25)26-4)23(15(24)9-19)10-12-5-7-13(8-6-12)18(20,21)22;1-16(2,3)25-10-13-15(24)21-8-14(23)22(13)9-11-4-6-12(7-5-11)17(18,19)20/h5-8,14H,9-11H2,1-4H3;4-7,13H,8-10H2,1-3H3,(H,21,24)/t14-;13-/m00/s1. The van der Waals surface area contributed by atoms with Crippen LogP contribution >= 0.6 is 15.9 Å². The Balaban J connectivity index is 0.000000361. The molecule has 52 heavy (non-hydrogen) atoms. The smallest absolute Gasteiger partial charge is 0.416 e. The largest absolute Gasteiger partial charge is 0.467 e. The summed E-state index contributed by atoms with van der Waals surface area (Å²) >= 11 is 3.06. The lowest BCUT2D eigenvalue weighted by Gasteiger charge is -2.36. The molecular weight excluding hydrogens is 768 g/mol. The summed E-state index contributed by atoms with van der Waals surface area (Å²) in [4.78, 5) is 51.4. The molecule has 290 valence electrons. The number of carbonyl (C=O) groups excluding carboxylic acids is 4. The third kappa shape index (κ3) is 14.4. The van der Waals surface area contributed by atoms with Crippen LogP contribution < -0.4 is 5.32 Å². The summed E-state index contributed by atoms with van der Waals surface area (Å²) in [6.45, 7) is 10.7. The number of hydrogen-bond acceptors (Lipinski definition) is 7. The van der Waals surface area contributed by atoms with E-state index in [1.165, 1.54) is 41.2 Å². The molecule has 17 heteroatoms. The number of esters is 1. The van der Waals surface area contributed by atoms with Gasteiger partial charge in [0.1, 0.15) is 6.04 Å². The molecule has 1 fully saturated rings. The lowest BCUT2D eigenvalue weighted by atomic mass is 10.1. The van der Waals surface area contributed by atoms with Gasteiger partial charge in [-0.25, -0.2) is 4.79 Å². The lowest BCUT2D eigenvalue weighted by molar-refractivity contribution is -0.157. The molecule has 0 unspecified atom stereocenters. The van der Waals surface area contributed by atoms with E-state index in [1.54, 1.807) is 20.8 Å². The van der Waals surface area contributed by atoms with Crippen molar-refractivity contribution in [2.45, 2.75) is 90.3 Å². The molecule has 3 amide bonds. The number of benzene rings is 2. The van der Waals surface area contributed by atoms with Crippen LogP contribution in [0.15, 0.2) is 48.5 Å². The highest BCUT2D eigenvalue weighted by atomic mass is 79.9. The molecule has 2 aromatic rings. The van der Waals surface area contributed by atoms with Gasteiger partial charge < -0.3 is 29.3 Å². The summed E-state index contributed by atoms with van der Waals surface area (Å²) in [5, 5.41) is 2.45. The van der Waals surface area contributed by atoms with E-state index in [-0.39, 0.29) is 50.0 Å². The Bertz CT molecular complexity index is 1510. The van der Waals surface area contributed by atoms with Gasteiger partial charge in [0, 0.05) is 13.1 Å². The molecule has 2 aromatic carbocycles. The molecule has 0 bridgehead atoms. The quantitative estimate of drug-likeness (QED) is 0.165. The molecule has 0 saturated carbocycles. The minimum absolute atomic E-state index is 0.0156. The van der Waals surface area contributed by atoms with Gasteiger partial charge in [0.2, 0.25) is 17.7 Å². The molecule has 10 nitrogen and oxygen atoms in total. The molecule has 1 heterocycles. The number of nitrogens with one attached hydrogen (secondary N) is 1. The first kappa shape index (κ1) is 44.5. The van der Waals surface area contributed by atoms with Gasteiger partial charge in [0.15, 0.2) is 6.04 Å². The first-order valence-corrected chi connectivity index (χ1v) is 17.1. The minimum atomic E-state index is -4.45. The molecule has 3 rings (SSSR count). The van der Waals surface area contributed by atoms with E-state index in [0.29, 0.717) is 11.1 Å². The van der Waals surface area contributed by atoms with Crippen LogP contribution in [-0.2, 0) is 58.8 Å². The van der Waals surface area contributed by atoms with Crippen LogP contribution in [0.1, 0.15) is 63.8 Å². The number of halogens is 7. The Hall–Kier alpha value is -3.70. The number of amides is 3. The second-order valence-corrected chi connectivity index (χ2v) is 14.2. The van der Waals surface area contributed by atoms with E-state index in [9.17, 15) is 45.5 Å². The van der Waals surface area contributed by atoms with Crippen LogP contribution in [0.25, 0.3) is 0 Å². The van der Waals surface area contributed by atoms with Crippen LogP contribution in [-0.4, -0.2) is 89.0 Å². The van der Waals surface area contributed by atoms with Crippen LogP contribution in [0, 0.1) is 0 Å². The Labute approximate surface area is 307 Å². The highest BCUT2D eigenvalue weighted by Crippen LogP contribution is 2.30. The number of rotatable bonds is 11. The van der Waals surface area contributed by atoms with E-state index >= 15 is 0 Å². The number of alkyl halides is 7. The highest BCUT2D eigenvalue weighted by Gasteiger charge is 2.37. The second kappa shape index (κ2) is 18.4. The van der Waals surface area contributed by atoms with Crippen molar-refractivity contribution >= 4 is 39.6 Å². The van der Waals surface area contributed by atoms with Crippen LogP contribution in [0.2, 0.25) is 0 Å². The molecule has 1 saturated heterocycles. The summed E-state index contributed by atoms with van der Waals surface area (Å²) in [5.74, 6) is -1.72. The first-order chi connectivity index (χ1) is 23.9. The van der Waals surface area contributed by atoms with Crippen molar-refractivity contribution in [1.29, 1.82) is 0 Å². The Kier molecular flexibility index (Phi) is 15.7. The predicted molar refractivity (Wildman–Crippen MR) is 182 cm³/mol. The minimum Gasteiger partial charge on any atom is -0.467 e. The van der Waals surface area contributed by atoms with E-state index in [0.717, 1.165) is 24.3 Å². The van der Waals surface area contributed by atoms with Crippen molar-refractivity contribution in [3.8, 4) is 0 Å². The Morgan fingerprint density at radius 2 is 1.33 bits per heavy atom. The molecule has 0 aliphatic carbocycles. The molecule has 1 aliphatic rings. The fourth-order valence-electron chi connectivity index (χ4n) is 4.58. The van der Waals surface area contributed by atoms with Gasteiger partial charge in [0.25, 0.3) is 0 Å². The van der Waals surface area contributed by atoms with Crippen molar-refractivity contribution in [2.75, 3.05) is 32.2 Å². The van der Waals surface area contributed by atoms with Crippen molar-refractivity contribution in [1.82, 2.24) is 15.1 Å². The summed E-state index contributed by atoms with van der Waals surface area (Å²) in [5.41, 5.74) is -1.62. The Morgan fingerprint density at radius 1 is 0.846 bits per heavy atom. The molecule has 1 N–H and O–H groups in total. The van der Waals surface area contributed by atoms with Gasteiger partial charge >= 0.3 is 18.3 Å². The number of nitrogens with zero attached hydrogens (tertiary/aromatic N) is 2. The van der Waals surface area contributed by atoms with Crippen LogP contribution in [0.4, 0.5) is 26.3 Å². The zero-order chi connectivity index (χ0) is 39.7. The topological polar surface area (TPSA) is 114 Å². The number of hydrogen-bond donors (Lipinski definition) is 1. The second-order valence-electron chi connectivity index (χ2n) is 13.7. The molecule has 0 aromatic heterocycles. The number of carbonyl (C=O) groups is 4. The van der Waals surface area contributed by atoms with Crippen LogP contribution in [0.5, 0.6) is 0 Å². The van der Waals surface area contributed by atoms with Gasteiger partial charge in [-0.1, -0.05) is 40.2 Å². The number of piperazine rings is 1. The fraction of sp³-hybridized carbons (Fsp3) is 0.543. The molecule has 0 radical (unpaired) electrons. The zero-order valence-corrected chi connectivity index (χ0v) is 31.5. The SMILES string of the molecule is CC(C)(C)OC[C@H]1C(=O)NCC(=O)N1Cc1ccc(C(F)(F)F)cc1.COC(=O)[C@H](COC(C)(C)C)N(Cc1ccc(C(F)(F)F)cc1)C(=O)CBr.